The number of nitrogens with zero attached hydrogens (tertiary/aromatic N) is 1. The third-order valence-electron chi connectivity index (χ3n) is 3.08. The summed E-state index contributed by atoms with van der Waals surface area (Å²) in [6.07, 6.45) is 0. The van der Waals surface area contributed by atoms with Gasteiger partial charge in [-0.1, -0.05) is 47.6 Å². The lowest BCUT2D eigenvalue weighted by Gasteiger charge is -2.13. The van der Waals surface area contributed by atoms with Gasteiger partial charge in [-0.3, -0.25) is 0 Å². The van der Waals surface area contributed by atoms with Crippen molar-refractivity contribution in [2.45, 2.75) is 10.4 Å². The van der Waals surface area contributed by atoms with Gasteiger partial charge in [0.2, 0.25) is 0 Å². The molecule has 3 N–H and O–H groups in total. The van der Waals surface area contributed by atoms with Gasteiger partial charge in [0.15, 0.2) is 5.16 Å². The van der Waals surface area contributed by atoms with Gasteiger partial charge in [-0.2, -0.15) is 0 Å². The maximum atomic E-state index is 5.92. The molecule has 102 valence electrons. The van der Waals surface area contributed by atoms with Crippen molar-refractivity contribution in [2.75, 3.05) is 6.54 Å². The van der Waals surface area contributed by atoms with Crippen LogP contribution in [-0.2, 0) is 0 Å². The second-order valence-corrected chi connectivity index (χ2v) is 6.08. The minimum absolute atomic E-state index is 0.160. The fourth-order valence-electron chi connectivity index (χ4n) is 2.05. The van der Waals surface area contributed by atoms with Gasteiger partial charge in [0.05, 0.1) is 11.0 Å². The largest absolute Gasteiger partial charge is 0.333 e. The summed E-state index contributed by atoms with van der Waals surface area (Å²) in [5.41, 5.74) is 9.06. The zero-order chi connectivity index (χ0) is 13.9. The molecule has 0 aliphatic carbocycles. The Labute approximate surface area is 126 Å². The van der Waals surface area contributed by atoms with Crippen LogP contribution in [-0.4, -0.2) is 16.5 Å². The molecule has 1 heterocycles. The van der Waals surface area contributed by atoms with Crippen LogP contribution in [0.4, 0.5) is 0 Å². The second kappa shape index (κ2) is 5.87. The average molecular weight is 304 g/mol. The minimum Gasteiger partial charge on any atom is -0.333 e. The third-order valence-corrected chi connectivity index (χ3v) is 4.50. The number of nitrogens with two attached hydrogens (primary N) is 1. The highest BCUT2D eigenvalue weighted by molar-refractivity contribution is 7.99. The predicted octanol–water partition coefficient (Wildman–Crippen LogP) is 4.01. The fraction of sp³-hybridized carbons (Fsp3) is 0.133. The summed E-state index contributed by atoms with van der Waals surface area (Å²) in [6.45, 7) is 0.545. The number of nitrogens with one attached hydrogen (secondary N) is 1. The van der Waals surface area contributed by atoms with Gasteiger partial charge >= 0.3 is 0 Å². The molecule has 0 saturated carbocycles. The molecule has 3 rings (SSSR count). The van der Waals surface area contributed by atoms with E-state index in [1.54, 1.807) is 11.8 Å². The Morgan fingerprint density at radius 3 is 2.60 bits per heavy atom. The van der Waals surface area contributed by atoms with Crippen LogP contribution in [0.1, 0.15) is 10.8 Å². The number of H-pyrrole nitrogens is 1. The van der Waals surface area contributed by atoms with Crippen molar-refractivity contribution in [3.63, 3.8) is 0 Å². The normalized spacial score (nSPS) is 12.7. The predicted molar refractivity (Wildman–Crippen MR) is 85.2 cm³/mol. The van der Waals surface area contributed by atoms with Gasteiger partial charge in [0.25, 0.3) is 0 Å². The maximum Gasteiger partial charge on any atom is 0.167 e. The molecule has 5 heteroatoms. The van der Waals surface area contributed by atoms with E-state index in [-0.39, 0.29) is 5.25 Å². The van der Waals surface area contributed by atoms with E-state index in [2.05, 4.69) is 9.97 Å². The van der Waals surface area contributed by atoms with Gasteiger partial charge in [0, 0.05) is 16.8 Å². The van der Waals surface area contributed by atoms with Crippen LogP contribution in [0.3, 0.4) is 0 Å². The highest BCUT2D eigenvalue weighted by atomic mass is 35.5. The average Bonchev–Trinajstić information content (AvgIpc) is 2.88. The SMILES string of the molecule is NCC(Sc1nc2ccccc2[nH]1)c1ccc(Cl)cc1. The number of imidazole rings is 1. The number of hydrogen-bond acceptors (Lipinski definition) is 3. The lowest BCUT2D eigenvalue weighted by atomic mass is 10.1. The molecule has 3 nitrogen and oxygen atoms in total. The zero-order valence-corrected chi connectivity index (χ0v) is 12.3. The summed E-state index contributed by atoms with van der Waals surface area (Å²) in [5.74, 6) is 0. The van der Waals surface area contributed by atoms with E-state index < -0.39 is 0 Å². The van der Waals surface area contributed by atoms with E-state index in [9.17, 15) is 0 Å². The molecule has 1 aromatic heterocycles. The summed E-state index contributed by atoms with van der Waals surface area (Å²) >= 11 is 7.56. The molecule has 0 bridgehead atoms. The van der Waals surface area contributed by atoms with Crippen LogP contribution in [0.5, 0.6) is 0 Å². The van der Waals surface area contributed by atoms with Gasteiger partial charge in [-0.15, -0.1) is 0 Å². The number of aromatic amines is 1. The van der Waals surface area contributed by atoms with E-state index in [0.29, 0.717) is 6.54 Å². The van der Waals surface area contributed by atoms with Crippen LogP contribution >= 0.6 is 23.4 Å². The monoisotopic (exact) mass is 303 g/mol. The molecule has 0 aliphatic rings. The van der Waals surface area contributed by atoms with Gasteiger partial charge < -0.3 is 10.7 Å². The van der Waals surface area contributed by atoms with Crippen molar-refractivity contribution >= 4 is 34.4 Å². The highest BCUT2D eigenvalue weighted by Crippen LogP contribution is 2.34. The number of rotatable bonds is 4. The van der Waals surface area contributed by atoms with Crippen molar-refractivity contribution in [2.24, 2.45) is 5.73 Å². The fourth-order valence-corrected chi connectivity index (χ4v) is 3.15. The minimum atomic E-state index is 0.160. The van der Waals surface area contributed by atoms with Gasteiger partial charge in [-0.25, -0.2) is 4.98 Å². The Hall–Kier alpha value is -1.49. The van der Waals surface area contributed by atoms with Crippen LogP contribution < -0.4 is 5.73 Å². The Morgan fingerprint density at radius 2 is 1.90 bits per heavy atom. The summed E-state index contributed by atoms with van der Waals surface area (Å²) < 4.78 is 0. The molecule has 20 heavy (non-hydrogen) atoms. The van der Waals surface area contributed by atoms with E-state index >= 15 is 0 Å². The first kappa shape index (κ1) is 13.5. The lowest BCUT2D eigenvalue weighted by Crippen LogP contribution is -2.09. The van der Waals surface area contributed by atoms with Gasteiger partial charge in [-0.05, 0) is 29.8 Å². The number of aromatic nitrogens is 2. The summed E-state index contributed by atoms with van der Waals surface area (Å²) in [6, 6.07) is 15.8. The lowest BCUT2D eigenvalue weighted by molar-refractivity contribution is 0.929. The maximum absolute atomic E-state index is 5.92. The first-order valence-electron chi connectivity index (χ1n) is 6.33. The molecule has 1 atom stereocenters. The smallest absolute Gasteiger partial charge is 0.167 e. The number of halogens is 1. The summed E-state index contributed by atoms with van der Waals surface area (Å²) in [4.78, 5) is 7.88. The Morgan fingerprint density at radius 1 is 1.15 bits per heavy atom. The van der Waals surface area contributed by atoms with Crippen LogP contribution in [0.2, 0.25) is 5.02 Å². The number of hydrogen-bond donors (Lipinski definition) is 2. The molecule has 0 spiro atoms. The van der Waals surface area contributed by atoms with E-state index in [1.807, 2.05) is 48.5 Å². The van der Waals surface area contributed by atoms with Crippen LogP contribution in [0.15, 0.2) is 53.7 Å². The number of thioether (sulfide) groups is 1. The molecule has 0 fully saturated rings. The van der Waals surface area contributed by atoms with E-state index in [1.165, 1.54) is 0 Å². The molecular formula is C15H14ClN3S. The molecule has 0 saturated heterocycles. The number of fused-ring (bicyclic) bond motifs is 1. The topological polar surface area (TPSA) is 54.7 Å². The van der Waals surface area contributed by atoms with E-state index in [4.69, 9.17) is 17.3 Å². The Kier molecular flexibility index (Phi) is 3.96. The molecule has 1 unspecified atom stereocenters. The van der Waals surface area contributed by atoms with Gasteiger partial charge in [0.1, 0.15) is 0 Å². The molecule has 0 radical (unpaired) electrons. The molecule has 0 amide bonds. The Bertz CT molecular complexity index is 675. The molecule has 2 aromatic carbocycles. The van der Waals surface area contributed by atoms with Crippen molar-refractivity contribution < 1.29 is 0 Å². The van der Waals surface area contributed by atoms with E-state index in [0.717, 1.165) is 26.8 Å². The molecular weight excluding hydrogens is 290 g/mol. The zero-order valence-electron chi connectivity index (χ0n) is 10.7. The van der Waals surface area contributed by atoms with Crippen LogP contribution in [0.25, 0.3) is 11.0 Å². The first-order valence-corrected chi connectivity index (χ1v) is 7.59. The Balaban J connectivity index is 1.85. The highest BCUT2D eigenvalue weighted by Gasteiger charge is 2.14. The van der Waals surface area contributed by atoms with Crippen molar-refractivity contribution in [1.29, 1.82) is 0 Å². The van der Waals surface area contributed by atoms with Crippen molar-refractivity contribution in [3.8, 4) is 0 Å². The number of benzene rings is 2. The third kappa shape index (κ3) is 2.82. The number of para-hydroxylation sites is 2. The summed E-state index contributed by atoms with van der Waals surface area (Å²) in [5, 5.41) is 1.78. The standard InChI is InChI=1S/C15H14ClN3S/c16-11-7-5-10(6-8-11)14(9-17)20-15-18-12-3-1-2-4-13(12)19-15/h1-8,14H,9,17H2,(H,18,19). The second-order valence-electron chi connectivity index (χ2n) is 4.45. The van der Waals surface area contributed by atoms with Crippen molar-refractivity contribution in [1.82, 2.24) is 9.97 Å². The van der Waals surface area contributed by atoms with Crippen molar-refractivity contribution in [3.05, 3.63) is 59.1 Å². The molecule has 0 aliphatic heterocycles. The quantitative estimate of drug-likeness (QED) is 0.716. The first-order chi connectivity index (χ1) is 9.76. The summed E-state index contributed by atoms with van der Waals surface area (Å²) in [7, 11) is 0. The molecule has 3 aromatic rings. The van der Waals surface area contributed by atoms with Crippen LogP contribution in [0, 0.1) is 0 Å².